The van der Waals surface area contributed by atoms with E-state index in [4.69, 9.17) is 16.3 Å². The fourth-order valence-corrected chi connectivity index (χ4v) is 3.81. The van der Waals surface area contributed by atoms with Gasteiger partial charge in [-0.2, -0.15) is 17.6 Å². The van der Waals surface area contributed by atoms with Gasteiger partial charge in [0.1, 0.15) is 29.1 Å². The van der Waals surface area contributed by atoms with Gasteiger partial charge < -0.3 is 9.84 Å². The molecule has 176 valence electrons. The second-order valence-corrected chi connectivity index (χ2v) is 11.2. The van der Waals surface area contributed by atoms with E-state index in [2.05, 4.69) is 9.38 Å². The molecule has 1 N–H and O–H groups in total. The number of benzene rings is 1. The van der Waals surface area contributed by atoms with Crippen molar-refractivity contribution in [3.63, 3.8) is 0 Å². The third kappa shape index (κ3) is 6.84. The molecule has 1 heterocycles. The van der Waals surface area contributed by atoms with Crippen molar-refractivity contribution in [2.24, 2.45) is 4.40 Å². The summed E-state index contributed by atoms with van der Waals surface area (Å²) in [7, 11) is -1.52. The van der Waals surface area contributed by atoms with Crippen LogP contribution in [0.15, 0.2) is 28.7 Å². The number of aliphatic hydroxyl groups is 1. The first-order valence-corrected chi connectivity index (χ1v) is 11.7. The number of ether oxygens (including phenoxy) is 1. The molecule has 0 aliphatic heterocycles. The standard InChI is InChI=1S/C20H20ClF4IN2O3S/c1-10(28-32(30)19(2,3)4)9-31-17-14(26)8-15(18(29)20(23,24)25)27-16(17)11-5-6-13(22)12(21)7-11/h5-8,18,29H,9H2,1-4H3/b28-10+. The summed E-state index contributed by atoms with van der Waals surface area (Å²) in [5.41, 5.74) is -0.143. The van der Waals surface area contributed by atoms with Crippen molar-refractivity contribution in [2.45, 2.75) is 44.7 Å². The molecule has 0 saturated heterocycles. The molecule has 2 atom stereocenters. The third-order valence-electron chi connectivity index (χ3n) is 3.92. The highest BCUT2D eigenvalue weighted by atomic mass is 127. The summed E-state index contributed by atoms with van der Waals surface area (Å²) < 4.78 is 74.4. The van der Waals surface area contributed by atoms with Crippen LogP contribution in [0, 0.1) is 9.39 Å². The van der Waals surface area contributed by atoms with E-state index in [9.17, 15) is 26.9 Å². The fourth-order valence-electron chi connectivity index (χ4n) is 2.29. The summed E-state index contributed by atoms with van der Waals surface area (Å²) in [5.74, 6) is -0.630. The molecule has 0 aliphatic rings. The molecule has 2 aromatic rings. The second kappa shape index (κ2) is 10.3. The predicted octanol–water partition coefficient (Wildman–Crippen LogP) is 6.04. The van der Waals surface area contributed by atoms with Crippen LogP contribution in [-0.2, 0) is 11.0 Å². The maximum absolute atomic E-state index is 13.6. The van der Waals surface area contributed by atoms with Gasteiger partial charge in [0.05, 0.1) is 24.7 Å². The normalized spacial score (nSPS) is 14.9. The Morgan fingerprint density at radius 3 is 2.47 bits per heavy atom. The zero-order valence-electron chi connectivity index (χ0n) is 17.4. The molecule has 0 bridgehead atoms. The van der Waals surface area contributed by atoms with Crippen LogP contribution in [0.4, 0.5) is 17.6 Å². The first-order chi connectivity index (χ1) is 14.6. The van der Waals surface area contributed by atoms with Crippen molar-refractivity contribution < 1.29 is 31.6 Å². The minimum absolute atomic E-state index is 0.0677. The maximum atomic E-state index is 13.6. The van der Waals surface area contributed by atoms with Crippen molar-refractivity contribution >= 4 is 50.9 Å². The largest absolute Gasteiger partial charge is 0.484 e. The molecule has 1 aromatic carbocycles. The Morgan fingerprint density at radius 1 is 1.31 bits per heavy atom. The first kappa shape index (κ1) is 26.9. The van der Waals surface area contributed by atoms with Crippen LogP contribution < -0.4 is 4.74 Å². The number of rotatable bonds is 6. The second-order valence-electron chi connectivity index (χ2n) is 7.76. The molecule has 0 fully saturated rings. The van der Waals surface area contributed by atoms with E-state index in [0.29, 0.717) is 5.71 Å². The highest BCUT2D eigenvalue weighted by molar-refractivity contribution is 14.1. The Labute approximate surface area is 204 Å². The van der Waals surface area contributed by atoms with Crippen molar-refractivity contribution in [2.75, 3.05) is 6.61 Å². The van der Waals surface area contributed by atoms with Gasteiger partial charge in [-0.3, -0.25) is 0 Å². The van der Waals surface area contributed by atoms with Crippen LogP contribution in [0.5, 0.6) is 5.75 Å². The number of pyridine rings is 1. The van der Waals surface area contributed by atoms with E-state index in [1.54, 1.807) is 50.3 Å². The van der Waals surface area contributed by atoms with E-state index in [0.717, 1.165) is 12.1 Å². The molecule has 32 heavy (non-hydrogen) atoms. The van der Waals surface area contributed by atoms with Gasteiger partial charge in [0, 0.05) is 5.56 Å². The molecule has 2 unspecified atom stereocenters. The lowest BCUT2D eigenvalue weighted by Crippen LogP contribution is -2.22. The van der Waals surface area contributed by atoms with Crippen molar-refractivity contribution in [3.05, 3.63) is 44.4 Å². The molecule has 0 spiro atoms. The van der Waals surface area contributed by atoms with E-state index in [1.165, 1.54) is 12.1 Å². The smallest absolute Gasteiger partial charge is 0.420 e. The van der Waals surface area contributed by atoms with Crippen molar-refractivity contribution in [3.8, 4) is 17.0 Å². The minimum Gasteiger partial charge on any atom is -0.484 e. The average molecular weight is 607 g/mol. The lowest BCUT2D eigenvalue weighted by Gasteiger charge is -2.19. The van der Waals surface area contributed by atoms with Gasteiger partial charge in [-0.1, -0.05) is 11.6 Å². The quantitative estimate of drug-likeness (QED) is 0.247. The SMILES string of the molecule is C/C(COc1c(I)cc(C(O)C(F)(F)F)nc1-c1ccc(F)c(Cl)c1)=N\S(=O)C(C)(C)C. The lowest BCUT2D eigenvalue weighted by atomic mass is 10.1. The van der Waals surface area contributed by atoms with Crippen LogP contribution in [0.3, 0.4) is 0 Å². The summed E-state index contributed by atoms with van der Waals surface area (Å²) in [6.07, 6.45) is -7.76. The number of aromatic nitrogens is 1. The lowest BCUT2D eigenvalue weighted by molar-refractivity contribution is -0.207. The Balaban J connectivity index is 2.52. The molecule has 0 aliphatic carbocycles. The summed E-state index contributed by atoms with van der Waals surface area (Å²) >= 11 is 7.58. The molecule has 12 heteroatoms. The highest BCUT2D eigenvalue weighted by Gasteiger charge is 2.41. The Morgan fingerprint density at radius 2 is 1.94 bits per heavy atom. The zero-order chi connectivity index (χ0) is 24.4. The van der Waals surface area contributed by atoms with Gasteiger partial charge in [0.25, 0.3) is 0 Å². The Hall–Kier alpha value is -1.31. The molecule has 5 nitrogen and oxygen atoms in total. The Kier molecular flexibility index (Phi) is 8.68. The molecular formula is C20H20ClF4IN2O3S. The Bertz CT molecular complexity index is 1060. The number of hydrogen-bond donors (Lipinski definition) is 1. The van der Waals surface area contributed by atoms with Crippen molar-refractivity contribution in [1.82, 2.24) is 4.98 Å². The van der Waals surface area contributed by atoms with Gasteiger partial charge in [-0.05, 0) is 74.6 Å². The average Bonchev–Trinajstić information content (AvgIpc) is 2.66. The van der Waals surface area contributed by atoms with Gasteiger partial charge in [0.15, 0.2) is 11.9 Å². The third-order valence-corrected chi connectivity index (χ3v) is 6.53. The van der Waals surface area contributed by atoms with Crippen LogP contribution in [0.1, 0.15) is 39.5 Å². The summed E-state index contributed by atoms with van der Waals surface area (Å²) in [4.78, 5) is 3.94. The molecular weight excluding hydrogens is 587 g/mol. The summed E-state index contributed by atoms with van der Waals surface area (Å²) in [5, 5.41) is 9.41. The molecule has 1 aromatic heterocycles. The number of nitrogens with zero attached hydrogens (tertiary/aromatic N) is 2. The summed E-state index contributed by atoms with van der Waals surface area (Å²) in [6.45, 7) is 6.75. The van der Waals surface area contributed by atoms with Crippen LogP contribution in [-0.4, -0.2) is 37.5 Å². The number of alkyl halides is 3. The number of hydrogen-bond acceptors (Lipinski definition) is 4. The molecule has 0 radical (unpaired) electrons. The fraction of sp³-hybridized carbons (Fsp3) is 0.400. The van der Waals surface area contributed by atoms with Crippen molar-refractivity contribution in [1.29, 1.82) is 0 Å². The maximum Gasteiger partial charge on any atom is 0.420 e. The minimum atomic E-state index is -4.93. The van der Waals surface area contributed by atoms with E-state index in [-0.39, 0.29) is 32.2 Å². The molecule has 2 rings (SSSR count). The van der Waals surface area contributed by atoms with Crippen LogP contribution >= 0.6 is 34.2 Å². The monoisotopic (exact) mass is 606 g/mol. The molecule has 0 amide bonds. The van der Waals surface area contributed by atoms with Gasteiger partial charge in [-0.25, -0.2) is 13.6 Å². The molecule has 0 saturated carbocycles. The van der Waals surface area contributed by atoms with E-state index >= 15 is 0 Å². The number of aliphatic hydroxyl groups excluding tert-OH is 1. The first-order valence-electron chi connectivity index (χ1n) is 9.11. The topological polar surface area (TPSA) is 71.8 Å². The summed E-state index contributed by atoms with van der Waals surface area (Å²) in [6, 6.07) is 4.57. The van der Waals surface area contributed by atoms with Gasteiger partial charge >= 0.3 is 6.18 Å². The predicted molar refractivity (Wildman–Crippen MR) is 125 cm³/mol. The van der Waals surface area contributed by atoms with Crippen LogP contribution in [0.25, 0.3) is 11.3 Å². The van der Waals surface area contributed by atoms with Gasteiger partial charge in [-0.15, -0.1) is 0 Å². The van der Waals surface area contributed by atoms with E-state index in [1.807, 2.05) is 0 Å². The van der Waals surface area contributed by atoms with Crippen LogP contribution in [0.2, 0.25) is 5.02 Å². The highest BCUT2D eigenvalue weighted by Crippen LogP contribution is 2.39. The van der Waals surface area contributed by atoms with E-state index < -0.39 is 39.5 Å². The zero-order valence-corrected chi connectivity index (χ0v) is 21.2. The van der Waals surface area contributed by atoms with Gasteiger partial charge in [0.2, 0.25) is 0 Å². The number of halogens is 6.